The van der Waals surface area contributed by atoms with Crippen LogP contribution < -0.4 is 0 Å². The monoisotopic (exact) mass is 321 g/mol. The van der Waals surface area contributed by atoms with Crippen molar-refractivity contribution in [2.75, 3.05) is 0 Å². The number of aromatic nitrogens is 3. The Morgan fingerprint density at radius 3 is 2.65 bits per heavy atom. The lowest BCUT2D eigenvalue weighted by molar-refractivity contribution is 0.401. The van der Waals surface area contributed by atoms with E-state index in [1.165, 1.54) is 0 Å². The molecule has 3 rings (SSSR count). The number of pyridine rings is 1. The summed E-state index contributed by atoms with van der Waals surface area (Å²) in [4.78, 5) is 11.1. The third kappa shape index (κ3) is 3.52. The van der Waals surface area contributed by atoms with Gasteiger partial charge in [0.1, 0.15) is 5.69 Å². The topological polar surface area (TPSA) is 30.7 Å². The van der Waals surface area contributed by atoms with Crippen molar-refractivity contribution < 1.29 is 0 Å². The number of aryl methyl sites for hydroxylation is 1. The minimum absolute atomic E-state index is 0.00709. The lowest BCUT2D eigenvalue weighted by Crippen LogP contribution is -2.21. The van der Waals surface area contributed by atoms with Gasteiger partial charge < -0.3 is 4.57 Å². The van der Waals surface area contributed by atoms with Crippen LogP contribution in [0.25, 0.3) is 10.7 Å². The number of hydrogen-bond acceptors (Lipinski definition) is 3. The number of thiophene rings is 1. The van der Waals surface area contributed by atoms with Gasteiger partial charge in [-0.15, -0.1) is 11.3 Å². The number of imidazole rings is 1. The largest absolute Gasteiger partial charge is 0.325 e. The highest BCUT2D eigenvalue weighted by Gasteiger charge is 2.18. The Bertz CT molecular complexity index is 885. The predicted octanol–water partition coefficient (Wildman–Crippen LogP) is 4.47. The van der Waals surface area contributed by atoms with Crippen molar-refractivity contribution in [1.82, 2.24) is 14.5 Å². The quantitative estimate of drug-likeness (QED) is 0.619. The van der Waals surface area contributed by atoms with Gasteiger partial charge in [-0.05, 0) is 63.8 Å². The summed E-state index contributed by atoms with van der Waals surface area (Å²) in [7, 11) is 0. The van der Waals surface area contributed by atoms with E-state index in [0.717, 1.165) is 27.0 Å². The van der Waals surface area contributed by atoms with Gasteiger partial charge in [0.15, 0.2) is 5.82 Å². The molecule has 0 aromatic carbocycles. The first-order chi connectivity index (χ1) is 10.9. The third-order valence-corrected chi connectivity index (χ3v) is 4.39. The fourth-order valence-corrected chi connectivity index (χ4v) is 3.14. The Kier molecular flexibility index (Phi) is 4.06. The maximum atomic E-state index is 4.51. The molecule has 0 N–H and O–H groups in total. The zero-order valence-corrected chi connectivity index (χ0v) is 14.6. The maximum absolute atomic E-state index is 4.51. The molecular weight excluding hydrogens is 302 g/mol. The smallest absolute Gasteiger partial charge is 0.150 e. The van der Waals surface area contributed by atoms with Gasteiger partial charge in [-0.2, -0.15) is 0 Å². The molecule has 0 radical (unpaired) electrons. The van der Waals surface area contributed by atoms with Crippen molar-refractivity contribution in [3.8, 4) is 22.5 Å². The Labute approximate surface area is 141 Å². The second-order valence-corrected chi connectivity index (χ2v) is 7.45. The van der Waals surface area contributed by atoms with Crippen LogP contribution in [-0.2, 0) is 5.54 Å². The highest BCUT2D eigenvalue weighted by Crippen LogP contribution is 2.29. The van der Waals surface area contributed by atoms with Crippen LogP contribution in [0.15, 0.2) is 42.7 Å². The van der Waals surface area contributed by atoms with Crippen molar-refractivity contribution in [2.24, 2.45) is 0 Å². The molecule has 23 heavy (non-hydrogen) atoms. The molecule has 0 saturated heterocycles. The highest BCUT2D eigenvalue weighted by molar-refractivity contribution is 7.15. The first kappa shape index (κ1) is 15.5. The molecular formula is C19H19N3S. The van der Waals surface area contributed by atoms with Crippen molar-refractivity contribution >= 4 is 11.3 Å². The molecule has 0 spiro atoms. The molecule has 4 heteroatoms. The summed E-state index contributed by atoms with van der Waals surface area (Å²) in [5.41, 5.74) is 1.79. The Morgan fingerprint density at radius 2 is 1.91 bits per heavy atom. The summed E-state index contributed by atoms with van der Waals surface area (Å²) in [5.74, 6) is 7.32. The Morgan fingerprint density at radius 1 is 1.09 bits per heavy atom. The van der Waals surface area contributed by atoms with Crippen LogP contribution in [0.2, 0.25) is 0 Å². The molecule has 0 bridgehead atoms. The minimum Gasteiger partial charge on any atom is -0.325 e. The van der Waals surface area contributed by atoms with Crippen LogP contribution in [0.4, 0.5) is 0 Å². The predicted molar refractivity (Wildman–Crippen MR) is 95.5 cm³/mol. The second kappa shape index (κ2) is 6.02. The van der Waals surface area contributed by atoms with Crippen LogP contribution in [0.3, 0.4) is 0 Å². The molecule has 0 aliphatic heterocycles. The Hall–Kier alpha value is -2.38. The number of nitrogens with zero attached hydrogens (tertiary/aromatic N) is 3. The average Bonchev–Trinajstić information content (AvgIpc) is 3.13. The molecule has 0 amide bonds. The summed E-state index contributed by atoms with van der Waals surface area (Å²) in [6.07, 6.45) is 3.87. The third-order valence-electron chi connectivity index (χ3n) is 3.39. The van der Waals surface area contributed by atoms with Crippen LogP contribution in [-0.4, -0.2) is 14.5 Å². The molecule has 0 saturated carbocycles. The normalized spacial score (nSPS) is 11.1. The summed E-state index contributed by atoms with van der Waals surface area (Å²) in [5, 5.41) is 0. The lowest BCUT2D eigenvalue weighted by atomic mass is 10.1. The van der Waals surface area contributed by atoms with Gasteiger partial charge in [-0.1, -0.05) is 6.07 Å². The van der Waals surface area contributed by atoms with Crippen molar-refractivity contribution in [3.63, 3.8) is 0 Å². The van der Waals surface area contributed by atoms with Gasteiger partial charge >= 0.3 is 0 Å². The molecule has 0 atom stereocenters. The van der Waals surface area contributed by atoms with E-state index in [0.29, 0.717) is 0 Å². The fraction of sp³-hybridized carbons (Fsp3) is 0.263. The molecule has 0 fully saturated rings. The lowest BCUT2D eigenvalue weighted by Gasteiger charge is -2.22. The molecule has 3 heterocycles. The summed E-state index contributed by atoms with van der Waals surface area (Å²) < 4.78 is 2.19. The zero-order chi connectivity index (χ0) is 16.4. The van der Waals surface area contributed by atoms with E-state index in [2.05, 4.69) is 53.2 Å². The number of rotatable bonds is 1. The van der Waals surface area contributed by atoms with Gasteiger partial charge in [-0.25, -0.2) is 9.97 Å². The van der Waals surface area contributed by atoms with Crippen molar-refractivity contribution in [1.29, 1.82) is 0 Å². The number of hydrogen-bond donors (Lipinski definition) is 0. The van der Waals surface area contributed by atoms with E-state index < -0.39 is 0 Å². The second-order valence-electron chi connectivity index (χ2n) is 6.37. The zero-order valence-electron chi connectivity index (χ0n) is 13.8. The average molecular weight is 321 g/mol. The molecule has 3 aromatic heterocycles. The SMILES string of the molecule is Cc1cccc(C#Cc2ccc(-c3nccn3C(C)(C)C)s2)n1. The van der Waals surface area contributed by atoms with E-state index >= 15 is 0 Å². The summed E-state index contributed by atoms with van der Waals surface area (Å²) in [6, 6.07) is 10.0. The maximum Gasteiger partial charge on any atom is 0.150 e. The van der Waals surface area contributed by atoms with Gasteiger partial charge in [0.25, 0.3) is 0 Å². The van der Waals surface area contributed by atoms with E-state index in [1.807, 2.05) is 43.6 Å². The molecule has 0 aliphatic rings. The molecule has 116 valence electrons. The van der Waals surface area contributed by atoms with E-state index in [4.69, 9.17) is 0 Å². The van der Waals surface area contributed by atoms with Crippen LogP contribution in [0.5, 0.6) is 0 Å². The molecule has 3 aromatic rings. The van der Waals surface area contributed by atoms with Crippen molar-refractivity contribution in [2.45, 2.75) is 33.2 Å². The fourth-order valence-electron chi connectivity index (χ4n) is 2.29. The Balaban J connectivity index is 1.89. The van der Waals surface area contributed by atoms with Gasteiger partial charge in [-0.3, -0.25) is 0 Å². The standard InChI is InChI=1S/C19H19N3S/c1-14-6-5-7-15(21-14)8-9-16-10-11-17(23-16)18-20-12-13-22(18)19(2,3)4/h5-7,10-13H,1-4H3. The van der Waals surface area contributed by atoms with Crippen LogP contribution in [0, 0.1) is 18.8 Å². The van der Waals surface area contributed by atoms with Crippen LogP contribution in [0.1, 0.15) is 37.0 Å². The molecule has 0 aliphatic carbocycles. The van der Waals surface area contributed by atoms with Crippen LogP contribution >= 0.6 is 11.3 Å². The van der Waals surface area contributed by atoms with Crippen molar-refractivity contribution in [3.05, 3.63) is 59.0 Å². The van der Waals surface area contributed by atoms with Gasteiger partial charge in [0, 0.05) is 23.6 Å². The summed E-state index contributed by atoms with van der Waals surface area (Å²) >= 11 is 1.66. The van der Waals surface area contributed by atoms with Gasteiger partial charge in [0.2, 0.25) is 0 Å². The van der Waals surface area contributed by atoms with E-state index in [1.54, 1.807) is 11.3 Å². The van der Waals surface area contributed by atoms with Gasteiger partial charge in [0.05, 0.1) is 9.75 Å². The first-order valence-corrected chi connectivity index (χ1v) is 8.35. The first-order valence-electron chi connectivity index (χ1n) is 7.53. The summed E-state index contributed by atoms with van der Waals surface area (Å²) in [6.45, 7) is 8.50. The van der Waals surface area contributed by atoms with E-state index in [9.17, 15) is 0 Å². The molecule has 0 unspecified atom stereocenters. The minimum atomic E-state index is 0.00709. The highest BCUT2D eigenvalue weighted by atomic mass is 32.1. The van der Waals surface area contributed by atoms with E-state index in [-0.39, 0.29) is 5.54 Å². The molecule has 3 nitrogen and oxygen atoms in total.